The Morgan fingerprint density at radius 1 is 0.829 bits per heavy atom. The van der Waals surface area contributed by atoms with Crippen molar-refractivity contribution in [2.24, 2.45) is 0 Å². The minimum Gasteiger partial charge on any atom is -0.485 e. The summed E-state index contributed by atoms with van der Waals surface area (Å²) >= 11 is 0. The molecule has 3 aromatic rings. The summed E-state index contributed by atoms with van der Waals surface area (Å²) in [6.07, 6.45) is 0.864. The molecule has 35 heavy (non-hydrogen) atoms. The fourth-order valence-electron chi connectivity index (χ4n) is 4.59. The van der Waals surface area contributed by atoms with Crippen LogP contribution >= 0.6 is 0 Å². The summed E-state index contributed by atoms with van der Waals surface area (Å²) in [5, 5.41) is 14.8. The summed E-state index contributed by atoms with van der Waals surface area (Å²) in [6, 6.07) is 23.9. The van der Waals surface area contributed by atoms with Gasteiger partial charge in [-0.05, 0) is 35.6 Å². The normalized spacial score (nSPS) is 17.3. The zero-order valence-electron chi connectivity index (χ0n) is 20.5. The van der Waals surface area contributed by atoms with Crippen LogP contribution in [0.3, 0.4) is 0 Å². The highest BCUT2D eigenvalue weighted by atomic mass is 16.5. The topological polar surface area (TPSA) is 69.2 Å². The third-order valence-corrected chi connectivity index (χ3v) is 6.31. The van der Waals surface area contributed by atoms with Crippen molar-refractivity contribution in [1.82, 2.24) is 5.32 Å². The van der Waals surface area contributed by atoms with Crippen molar-refractivity contribution in [2.75, 3.05) is 27.4 Å². The Morgan fingerprint density at radius 3 is 2.03 bits per heavy atom. The van der Waals surface area contributed by atoms with Crippen molar-refractivity contribution in [3.63, 3.8) is 0 Å². The number of ether oxygens (including phenoxy) is 4. The molecule has 0 amide bonds. The average Bonchev–Trinajstić information content (AvgIpc) is 2.89. The maximum Gasteiger partial charge on any atom is 0.165 e. The lowest BCUT2D eigenvalue weighted by Crippen LogP contribution is -2.48. The summed E-state index contributed by atoms with van der Waals surface area (Å²) in [5.41, 5.74) is 4.05. The Kier molecular flexibility index (Phi) is 9.15. The predicted molar refractivity (Wildman–Crippen MR) is 136 cm³/mol. The quantitative estimate of drug-likeness (QED) is 0.402. The molecular formula is C29H35NO5. The van der Waals surface area contributed by atoms with Crippen LogP contribution in [0.1, 0.15) is 34.8 Å². The van der Waals surface area contributed by atoms with Gasteiger partial charge in [-0.15, -0.1) is 0 Å². The molecule has 0 aromatic heterocycles. The Hall–Kier alpha value is -2.90. The first-order valence-corrected chi connectivity index (χ1v) is 12.1. The van der Waals surface area contributed by atoms with Crippen LogP contribution in [0.15, 0.2) is 72.8 Å². The minimum absolute atomic E-state index is 0.00785. The molecule has 0 bridgehead atoms. The molecule has 0 spiro atoms. The third kappa shape index (κ3) is 6.61. The molecule has 2 atom stereocenters. The van der Waals surface area contributed by atoms with Crippen molar-refractivity contribution in [3.05, 3.63) is 95.1 Å². The number of fused-ring (bicyclic) bond motifs is 1. The lowest BCUT2D eigenvalue weighted by Gasteiger charge is -2.34. The summed E-state index contributed by atoms with van der Waals surface area (Å²) in [4.78, 5) is 0. The number of hydrogen-bond acceptors (Lipinski definition) is 6. The van der Waals surface area contributed by atoms with Gasteiger partial charge in [0.15, 0.2) is 11.5 Å². The van der Waals surface area contributed by atoms with Crippen LogP contribution in [-0.2, 0) is 29.1 Å². The highest BCUT2D eigenvalue weighted by Gasteiger charge is 2.32. The fourth-order valence-corrected chi connectivity index (χ4v) is 4.59. The van der Waals surface area contributed by atoms with E-state index in [1.54, 1.807) is 14.2 Å². The van der Waals surface area contributed by atoms with Crippen LogP contribution < -0.4 is 14.8 Å². The highest BCUT2D eigenvalue weighted by molar-refractivity contribution is 5.53. The van der Waals surface area contributed by atoms with E-state index in [4.69, 9.17) is 18.9 Å². The molecule has 0 heterocycles. The zero-order chi connectivity index (χ0) is 24.5. The Balaban J connectivity index is 1.57. The van der Waals surface area contributed by atoms with Crippen molar-refractivity contribution >= 4 is 0 Å². The van der Waals surface area contributed by atoms with E-state index in [-0.39, 0.29) is 12.1 Å². The lowest BCUT2D eigenvalue weighted by molar-refractivity contribution is 0.0632. The number of methoxy groups -OCH3 is 2. The molecule has 1 aliphatic rings. The van der Waals surface area contributed by atoms with Gasteiger partial charge in [-0.2, -0.15) is 0 Å². The molecule has 0 saturated heterocycles. The number of rotatable bonds is 12. The van der Waals surface area contributed by atoms with Crippen LogP contribution in [0.25, 0.3) is 0 Å². The molecule has 6 heteroatoms. The second-order valence-corrected chi connectivity index (χ2v) is 8.87. The maximum atomic E-state index is 11.3. The molecule has 0 fully saturated rings. The van der Waals surface area contributed by atoms with Crippen molar-refractivity contribution in [1.29, 1.82) is 0 Å². The molecule has 2 N–H and O–H groups in total. The second kappa shape index (κ2) is 12.7. The number of benzene rings is 3. The Morgan fingerprint density at radius 2 is 1.43 bits per heavy atom. The van der Waals surface area contributed by atoms with E-state index < -0.39 is 6.10 Å². The van der Waals surface area contributed by atoms with Crippen molar-refractivity contribution in [2.45, 2.75) is 44.2 Å². The van der Waals surface area contributed by atoms with E-state index in [2.05, 4.69) is 5.32 Å². The number of nitrogens with one attached hydrogen (secondary N) is 1. The van der Waals surface area contributed by atoms with E-state index in [1.807, 2.05) is 72.8 Å². The highest BCUT2D eigenvalue weighted by Crippen LogP contribution is 2.42. The molecule has 4 rings (SSSR count). The average molecular weight is 478 g/mol. The van der Waals surface area contributed by atoms with Gasteiger partial charge in [0, 0.05) is 25.8 Å². The van der Waals surface area contributed by atoms with E-state index in [9.17, 15) is 5.11 Å². The molecular weight excluding hydrogens is 442 g/mol. The van der Waals surface area contributed by atoms with Crippen LogP contribution in [0.2, 0.25) is 0 Å². The zero-order valence-corrected chi connectivity index (χ0v) is 20.5. The van der Waals surface area contributed by atoms with Crippen molar-refractivity contribution in [3.8, 4) is 11.5 Å². The first kappa shape index (κ1) is 25.2. The number of aliphatic hydroxyl groups is 1. The van der Waals surface area contributed by atoms with Crippen LogP contribution in [0.4, 0.5) is 0 Å². The molecule has 3 aromatic carbocycles. The van der Waals surface area contributed by atoms with Gasteiger partial charge in [0.05, 0.1) is 25.4 Å². The predicted octanol–water partition coefficient (Wildman–Crippen LogP) is 4.44. The largest absolute Gasteiger partial charge is 0.485 e. The molecule has 0 radical (unpaired) electrons. The van der Waals surface area contributed by atoms with Gasteiger partial charge in [-0.3, -0.25) is 0 Å². The van der Waals surface area contributed by atoms with Gasteiger partial charge in [0.1, 0.15) is 13.2 Å². The number of aliphatic hydroxyl groups excluding tert-OH is 1. The summed E-state index contributed by atoms with van der Waals surface area (Å²) in [7, 11) is 3.34. The molecule has 1 aliphatic carbocycles. The minimum atomic E-state index is -0.669. The Labute approximate surface area is 207 Å². The summed E-state index contributed by atoms with van der Waals surface area (Å²) < 4.78 is 23.2. The summed E-state index contributed by atoms with van der Waals surface area (Å²) in [5.74, 6) is 1.41. The van der Waals surface area contributed by atoms with Gasteiger partial charge in [0.2, 0.25) is 0 Å². The van der Waals surface area contributed by atoms with Gasteiger partial charge in [-0.25, -0.2) is 0 Å². The molecule has 0 saturated carbocycles. The standard InChI is InChI=1S/C29H35NO5/c1-32-19-23(20-33-2)30-26-15-13-25-24(28(26)31)14-16-27(34-17-21-9-5-3-6-10-21)29(25)35-18-22-11-7-4-8-12-22/h3-12,14,16,23,26,28,30-31H,13,15,17-20H2,1-2H3/t26-,28-/m1/s1. The smallest absolute Gasteiger partial charge is 0.165 e. The van der Waals surface area contributed by atoms with Crippen LogP contribution in [0.5, 0.6) is 11.5 Å². The maximum absolute atomic E-state index is 11.3. The molecule has 0 aliphatic heterocycles. The van der Waals surface area contributed by atoms with E-state index in [0.717, 1.165) is 35.1 Å². The summed E-state index contributed by atoms with van der Waals surface area (Å²) in [6.45, 7) is 1.91. The third-order valence-electron chi connectivity index (χ3n) is 6.31. The molecule has 186 valence electrons. The van der Waals surface area contributed by atoms with Gasteiger partial charge in [0.25, 0.3) is 0 Å². The van der Waals surface area contributed by atoms with Crippen molar-refractivity contribution < 1.29 is 24.1 Å². The first-order chi connectivity index (χ1) is 17.2. The second-order valence-electron chi connectivity index (χ2n) is 8.87. The van der Waals surface area contributed by atoms with Crippen LogP contribution in [-0.4, -0.2) is 44.6 Å². The first-order valence-electron chi connectivity index (χ1n) is 12.1. The van der Waals surface area contributed by atoms with E-state index in [1.165, 1.54) is 0 Å². The molecule has 0 unspecified atom stereocenters. The Bertz CT molecular complexity index is 1040. The van der Waals surface area contributed by atoms with E-state index >= 15 is 0 Å². The number of hydrogen-bond donors (Lipinski definition) is 2. The monoisotopic (exact) mass is 477 g/mol. The van der Waals surface area contributed by atoms with Gasteiger partial charge in [-0.1, -0.05) is 66.7 Å². The molecule has 6 nitrogen and oxygen atoms in total. The fraction of sp³-hybridized carbons (Fsp3) is 0.379. The SMILES string of the molecule is COCC(COC)N[C@@H]1CCc2c(ccc(OCc3ccccc3)c2OCc2ccccc2)[C@H]1O. The van der Waals surface area contributed by atoms with Gasteiger partial charge < -0.3 is 29.4 Å². The van der Waals surface area contributed by atoms with Crippen LogP contribution in [0, 0.1) is 0 Å². The lowest BCUT2D eigenvalue weighted by atomic mass is 9.84. The van der Waals surface area contributed by atoms with Gasteiger partial charge >= 0.3 is 0 Å². The van der Waals surface area contributed by atoms with E-state index in [0.29, 0.717) is 37.9 Å².